The number of hydrogen-bond acceptors (Lipinski definition) is 5. The summed E-state index contributed by atoms with van der Waals surface area (Å²) in [7, 11) is 0. The summed E-state index contributed by atoms with van der Waals surface area (Å²) in [4.78, 5) is 12.8. The Hall–Kier alpha value is -2.67. The van der Waals surface area contributed by atoms with Gasteiger partial charge >= 0.3 is 0 Å². The number of nitrogens with zero attached hydrogens (tertiary/aromatic N) is 2. The molecule has 0 bridgehead atoms. The fraction of sp³-hybridized carbons (Fsp3) is 0.333. The minimum atomic E-state index is -0.383. The molecule has 0 spiro atoms. The molecule has 0 amide bonds. The second kappa shape index (κ2) is 7.48. The van der Waals surface area contributed by atoms with Gasteiger partial charge in [0, 0.05) is 24.8 Å². The molecule has 1 heterocycles. The highest BCUT2D eigenvalue weighted by molar-refractivity contribution is 5.68. The SMILES string of the molecule is Nc1ccc([N+](=O)[O-])c(N2CCC(OCc3ccc(F)cc3)CC2)c1. The zero-order valence-corrected chi connectivity index (χ0v) is 13.7. The number of nitrogen functional groups attached to an aromatic ring is 1. The van der Waals surface area contributed by atoms with E-state index in [0.29, 0.717) is 31.1 Å². The minimum absolute atomic E-state index is 0.0693. The van der Waals surface area contributed by atoms with Crippen molar-refractivity contribution in [3.63, 3.8) is 0 Å². The van der Waals surface area contributed by atoms with Crippen LogP contribution in [0.5, 0.6) is 0 Å². The maximum absolute atomic E-state index is 12.9. The lowest BCUT2D eigenvalue weighted by atomic mass is 10.1. The Kier molecular flexibility index (Phi) is 5.14. The van der Waals surface area contributed by atoms with Crippen molar-refractivity contribution in [2.75, 3.05) is 23.7 Å². The predicted molar refractivity (Wildman–Crippen MR) is 93.9 cm³/mol. The molecule has 3 rings (SSSR count). The highest BCUT2D eigenvalue weighted by atomic mass is 19.1. The van der Waals surface area contributed by atoms with Gasteiger partial charge < -0.3 is 15.4 Å². The first-order valence-corrected chi connectivity index (χ1v) is 8.18. The first kappa shape index (κ1) is 17.2. The van der Waals surface area contributed by atoms with Crippen LogP contribution in [0.25, 0.3) is 0 Å². The molecule has 1 aliphatic rings. The van der Waals surface area contributed by atoms with E-state index in [4.69, 9.17) is 10.5 Å². The van der Waals surface area contributed by atoms with Crippen molar-refractivity contribution >= 4 is 17.1 Å². The monoisotopic (exact) mass is 345 g/mol. The number of hydrogen-bond donors (Lipinski definition) is 1. The van der Waals surface area contributed by atoms with Gasteiger partial charge in [-0.15, -0.1) is 0 Å². The summed E-state index contributed by atoms with van der Waals surface area (Å²) >= 11 is 0. The summed E-state index contributed by atoms with van der Waals surface area (Å²) in [6.45, 7) is 1.76. The van der Waals surface area contributed by atoms with Crippen LogP contribution in [0.15, 0.2) is 42.5 Å². The van der Waals surface area contributed by atoms with Gasteiger partial charge in [0.2, 0.25) is 0 Å². The number of piperidine rings is 1. The van der Waals surface area contributed by atoms with Crippen LogP contribution in [0, 0.1) is 15.9 Å². The van der Waals surface area contributed by atoms with Crippen molar-refractivity contribution in [3.8, 4) is 0 Å². The molecule has 0 aromatic heterocycles. The lowest BCUT2D eigenvalue weighted by Gasteiger charge is -2.33. The summed E-state index contributed by atoms with van der Waals surface area (Å²) < 4.78 is 18.8. The Morgan fingerprint density at radius 3 is 2.52 bits per heavy atom. The average Bonchev–Trinajstić information content (AvgIpc) is 2.61. The van der Waals surface area contributed by atoms with E-state index in [9.17, 15) is 14.5 Å². The minimum Gasteiger partial charge on any atom is -0.399 e. The normalized spacial score (nSPS) is 15.3. The van der Waals surface area contributed by atoms with E-state index in [1.165, 1.54) is 18.2 Å². The molecule has 0 saturated carbocycles. The van der Waals surface area contributed by atoms with Crippen LogP contribution < -0.4 is 10.6 Å². The van der Waals surface area contributed by atoms with Crippen molar-refractivity contribution < 1.29 is 14.1 Å². The van der Waals surface area contributed by atoms with E-state index < -0.39 is 0 Å². The summed E-state index contributed by atoms with van der Waals surface area (Å²) in [6.07, 6.45) is 1.63. The topological polar surface area (TPSA) is 81.6 Å². The highest BCUT2D eigenvalue weighted by Crippen LogP contribution is 2.32. The number of nitro benzene ring substituents is 1. The van der Waals surface area contributed by atoms with Gasteiger partial charge in [0.25, 0.3) is 5.69 Å². The van der Waals surface area contributed by atoms with Crippen LogP contribution in [0.1, 0.15) is 18.4 Å². The molecule has 132 valence electrons. The molecule has 0 atom stereocenters. The maximum Gasteiger partial charge on any atom is 0.292 e. The molecule has 0 unspecified atom stereocenters. The van der Waals surface area contributed by atoms with Crippen molar-refractivity contribution in [1.82, 2.24) is 0 Å². The van der Waals surface area contributed by atoms with E-state index in [0.717, 1.165) is 18.4 Å². The third kappa shape index (κ3) is 4.24. The molecule has 1 aliphatic heterocycles. The second-order valence-corrected chi connectivity index (χ2v) is 6.13. The van der Waals surface area contributed by atoms with Crippen molar-refractivity contribution in [2.45, 2.75) is 25.6 Å². The van der Waals surface area contributed by atoms with Gasteiger partial charge in [-0.3, -0.25) is 10.1 Å². The van der Waals surface area contributed by atoms with Crippen LogP contribution in [0.4, 0.5) is 21.5 Å². The first-order valence-electron chi connectivity index (χ1n) is 8.18. The molecule has 0 aliphatic carbocycles. The molecule has 6 nitrogen and oxygen atoms in total. The Morgan fingerprint density at radius 2 is 1.88 bits per heavy atom. The standard InChI is InChI=1S/C18H20FN3O3/c19-14-3-1-13(2-4-14)12-25-16-7-9-21(10-8-16)18-11-15(20)5-6-17(18)22(23)24/h1-6,11,16H,7-10,12,20H2. The van der Waals surface area contributed by atoms with Gasteiger partial charge in [-0.1, -0.05) is 12.1 Å². The second-order valence-electron chi connectivity index (χ2n) is 6.13. The number of nitrogens with two attached hydrogens (primary N) is 1. The van der Waals surface area contributed by atoms with E-state index in [2.05, 4.69) is 0 Å². The zero-order valence-electron chi connectivity index (χ0n) is 13.7. The molecule has 7 heteroatoms. The van der Waals surface area contributed by atoms with Crippen LogP contribution in [0.2, 0.25) is 0 Å². The van der Waals surface area contributed by atoms with Crippen LogP contribution >= 0.6 is 0 Å². The van der Waals surface area contributed by atoms with E-state index in [-0.39, 0.29) is 22.5 Å². The lowest BCUT2D eigenvalue weighted by Crippen LogP contribution is -2.37. The Bertz CT molecular complexity index is 744. The fourth-order valence-corrected chi connectivity index (χ4v) is 3.01. The molecular weight excluding hydrogens is 325 g/mol. The molecule has 2 N–H and O–H groups in total. The van der Waals surface area contributed by atoms with E-state index in [1.807, 2.05) is 4.90 Å². The smallest absolute Gasteiger partial charge is 0.292 e. The third-order valence-corrected chi connectivity index (χ3v) is 4.38. The van der Waals surface area contributed by atoms with Gasteiger partial charge in [0.05, 0.1) is 17.6 Å². The van der Waals surface area contributed by atoms with Crippen LogP contribution in [-0.4, -0.2) is 24.1 Å². The summed E-state index contributed by atoms with van der Waals surface area (Å²) in [5.74, 6) is -0.263. The molecular formula is C18H20FN3O3. The Morgan fingerprint density at radius 1 is 1.20 bits per heavy atom. The Balaban J connectivity index is 1.58. The number of ether oxygens (including phenoxy) is 1. The molecule has 2 aromatic rings. The van der Waals surface area contributed by atoms with E-state index >= 15 is 0 Å². The van der Waals surface area contributed by atoms with Crippen molar-refractivity contribution in [3.05, 3.63) is 64.0 Å². The summed E-state index contributed by atoms with van der Waals surface area (Å²) in [5, 5.41) is 11.2. The van der Waals surface area contributed by atoms with Gasteiger partial charge in [-0.25, -0.2) is 4.39 Å². The first-order chi connectivity index (χ1) is 12.0. The van der Waals surface area contributed by atoms with Gasteiger partial charge in [-0.05, 0) is 42.7 Å². The number of nitro groups is 1. The molecule has 25 heavy (non-hydrogen) atoms. The maximum atomic E-state index is 12.9. The number of anilines is 2. The Labute approximate surface area is 145 Å². The van der Waals surface area contributed by atoms with E-state index in [1.54, 1.807) is 24.3 Å². The number of rotatable bonds is 5. The van der Waals surface area contributed by atoms with Gasteiger partial charge in [0.1, 0.15) is 11.5 Å². The molecule has 1 saturated heterocycles. The fourth-order valence-electron chi connectivity index (χ4n) is 3.01. The highest BCUT2D eigenvalue weighted by Gasteiger charge is 2.25. The summed E-state index contributed by atoms with van der Waals surface area (Å²) in [5.41, 5.74) is 7.85. The number of benzene rings is 2. The zero-order chi connectivity index (χ0) is 17.8. The average molecular weight is 345 g/mol. The van der Waals surface area contributed by atoms with Crippen LogP contribution in [-0.2, 0) is 11.3 Å². The quantitative estimate of drug-likeness (QED) is 0.509. The van der Waals surface area contributed by atoms with Gasteiger partial charge in [-0.2, -0.15) is 0 Å². The number of halogens is 1. The third-order valence-electron chi connectivity index (χ3n) is 4.38. The molecule has 2 aromatic carbocycles. The molecule has 1 fully saturated rings. The van der Waals surface area contributed by atoms with Crippen molar-refractivity contribution in [1.29, 1.82) is 0 Å². The largest absolute Gasteiger partial charge is 0.399 e. The molecule has 0 radical (unpaired) electrons. The van der Waals surface area contributed by atoms with Crippen LogP contribution in [0.3, 0.4) is 0 Å². The van der Waals surface area contributed by atoms with Crippen molar-refractivity contribution in [2.24, 2.45) is 0 Å². The lowest BCUT2D eigenvalue weighted by molar-refractivity contribution is -0.384. The predicted octanol–water partition coefficient (Wildman–Crippen LogP) is 3.50. The van der Waals surface area contributed by atoms with Gasteiger partial charge in [0.15, 0.2) is 0 Å². The summed E-state index contributed by atoms with van der Waals surface area (Å²) in [6, 6.07) is 10.9.